The molecule has 0 aromatic carbocycles. The SMILES string of the molecule is Cc1[nH]nc(C(F)(F)F)c1CN=[N+]=[N-]. The molecule has 1 aromatic rings. The molecule has 0 amide bonds. The van der Waals surface area contributed by atoms with Crippen molar-refractivity contribution in [3.63, 3.8) is 0 Å². The van der Waals surface area contributed by atoms with Gasteiger partial charge in [-0.05, 0) is 12.5 Å². The molecule has 0 fully saturated rings. The molecule has 0 saturated heterocycles. The van der Waals surface area contributed by atoms with Crippen molar-refractivity contribution in [2.45, 2.75) is 19.6 Å². The van der Waals surface area contributed by atoms with Crippen molar-refractivity contribution >= 4 is 0 Å². The lowest BCUT2D eigenvalue weighted by atomic mass is 10.2. The summed E-state index contributed by atoms with van der Waals surface area (Å²) in [6.45, 7) is 1.08. The van der Waals surface area contributed by atoms with Crippen LogP contribution in [-0.4, -0.2) is 10.2 Å². The molecule has 0 bridgehead atoms. The summed E-state index contributed by atoms with van der Waals surface area (Å²) in [6.07, 6.45) is -4.52. The standard InChI is InChI=1S/C6H6F3N5/c1-3-4(2-11-14-10)5(13-12-3)6(7,8)9/h2H2,1H3,(H,12,13). The summed E-state index contributed by atoms with van der Waals surface area (Å²) < 4.78 is 36.8. The van der Waals surface area contributed by atoms with Crippen LogP contribution in [0.3, 0.4) is 0 Å². The van der Waals surface area contributed by atoms with Crippen LogP contribution in [0.2, 0.25) is 0 Å². The minimum Gasteiger partial charge on any atom is -0.282 e. The second-order valence-electron chi connectivity index (χ2n) is 2.56. The predicted octanol–water partition coefficient (Wildman–Crippen LogP) is 2.55. The third-order valence-electron chi connectivity index (χ3n) is 1.63. The maximum Gasteiger partial charge on any atom is 0.435 e. The minimum atomic E-state index is -4.52. The molecule has 0 spiro atoms. The molecular weight excluding hydrogens is 199 g/mol. The second kappa shape index (κ2) is 3.59. The average Bonchev–Trinajstić information content (AvgIpc) is 2.42. The van der Waals surface area contributed by atoms with Gasteiger partial charge in [0.15, 0.2) is 5.69 Å². The van der Waals surface area contributed by atoms with Gasteiger partial charge in [0.2, 0.25) is 0 Å². The van der Waals surface area contributed by atoms with Gasteiger partial charge in [0.25, 0.3) is 0 Å². The molecule has 1 N–H and O–H groups in total. The Labute approximate surface area is 76.6 Å². The van der Waals surface area contributed by atoms with Gasteiger partial charge < -0.3 is 0 Å². The zero-order chi connectivity index (χ0) is 10.8. The Hall–Kier alpha value is -1.69. The molecule has 0 aliphatic rings. The van der Waals surface area contributed by atoms with Crippen molar-refractivity contribution in [1.82, 2.24) is 10.2 Å². The molecule has 0 aliphatic heterocycles. The quantitative estimate of drug-likeness (QED) is 0.449. The zero-order valence-electron chi connectivity index (χ0n) is 7.13. The Morgan fingerprint density at radius 1 is 1.57 bits per heavy atom. The van der Waals surface area contributed by atoms with E-state index in [0.717, 1.165) is 0 Å². The molecule has 1 rings (SSSR count). The largest absolute Gasteiger partial charge is 0.435 e. The second-order valence-corrected chi connectivity index (χ2v) is 2.56. The van der Waals surface area contributed by atoms with E-state index >= 15 is 0 Å². The molecule has 0 unspecified atom stereocenters. The van der Waals surface area contributed by atoms with E-state index in [9.17, 15) is 13.2 Å². The molecular formula is C6H6F3N5. The summed E-state index contributed by atoms with van der Waals surface area (Å²) in [5.74, 6) is 0. The number of azide groups is 1. The van der Waals surface area contributed by atoms with Crippen molar-refractivity contribution in [2.75, 3.05) is 0 Å². The first-order chi connectivity index (χ1) is 6.46. The minimum absolute atomic E-state index is 0.115. The van der Waals surface area contributed by atoms with Crippen LogP contribution in [0.1, 0.15) is 17.0 Å². The summed E-state index contributed by atoms with van der Waals surface area (Å²) in [5.41, 5.74) is 7.11. The Kier molecular flexibility index (Phi) is 2.66. The smallest absolute Gasteiger partial charge is 0.282 e. The average molecular weight is 205 g/mol. The van der Waals surface area contributed by atoms with Crippen molar-refractivity contribution in [3.05, 3.63) is 27.4 Å². The van der Waals surface area contributed by atoms with E-state index in [1.54, 1.807) is 0 Å². The highest BCUT2D eigenvalue weighted by molar-refractivity contribution is 5.26. The molecule has 0 aliphatic carbocycles. The third-order valence-corrected chi connectivity index (χ3v) is 1.63. The van der Waals surface area contributed by atoms with Gasteiger partial charge >= 0.3 is 6.18 Å². The lowest BCUT2D eigenvalue weighted by Crippen LogP contribution is -2.08. The topological polar surface area (TPSA) is 77.4 Å². The number of rotatable bonds is 2. The third kappa shape index (κ3) is 1.97. The number of alkyl halides is 3. The molecule has 1 heterocycles. The molecule has 5 nitrogen and oxygen atoms in total. The van der Waals surface area contributed by atoms with Crippen molar-refractivity contribution < 1.29 is 13.2 Å². The van der Waals surface area contributed by atoms with E-state index in [1.165, 1.54) is 6.92 Å². The summed E-state index contributed by atoms with van der Waals surface area (Å²) in [4.78, 5) is 2.39. The fourth-order valence-electron chi connectivity index (χ4n) is 0.983. The van der Waals surface area contributed by atoms with Gasteiger partial charge in [0.1, 0.15) is 0 Å². The highest BCUT2D eigenvalue weighted by Gasteiger charge is 2.36. The normalized spacial score (nSPS) is 11.1. The van der Waals surface area contributed by atoms with Crippen LogP contribution in [0.4, 0.5) is 13.2 Å². The maximum atomic E-state index is 12.3. The van der Waals surface area contributed by atoms with Gasteiger partial charge in [0, 0.05) is 16.2 Å². The number of hydrogen-bond donors (Lipinski definition) is 1. The van der Waals surface area contributed by atoms with Crippen LogP contribution in [0, 0.1) is 6.92 Å². The molecule has 76 valence electrons. The first kappa shape index (κ1) is 10.4. The number of nitrogens with zero attached hydrogens (tertiary/aromatic N) is 4. The zero-order valence-corrected chi connectivity index (χ0v) is 7.13. The Morgan fingerprint density at radius 3 is 2.71 bits per heavy atom. The van der Waals surface area contributed by atoms with Crippen LogP contribution < -0.4 is 0 Å². The Bertz CT molecular complexity index is 373. The molecule has 1 aromatic heterocycles. The number of halogens is 3. The van der Waals surface area contributed by atoms with Gasteiger partial charge in [-0.3, -0.25) is 5.10 Å². The van der Waals surface area contributed by atoms with Gasteiger partial charge in [-0.25, -0.2) is 0 Å². The molecule has 8 heteroatoms. The van der Waals surface area contributed by atoms with E-state index in [4.69, 9.17) is 5.53 Å². The molecule has 0 atom stereocenters. The summed E-state index contributed by atoms with van der Waals surface area (Å²) in [7, 11) is 0. The van der Waals surface area contributed by atoms with E-state index < -0.39 is 11.9 Å². The van der Waals surface area contributed by atoms with Crippen LogP contribution in [0.15, 0.2) is 5.11 Å². The van der Waals surface area contributed by atoms with Crippen LogP contribution in [0.25, 0.3) is 10.4 Å². The Morgan fingerprint density at radius 2 is 2.21 bits per heavy atom. The van der Waals surface area contributed by atoms with Crippen LogP contribution >= 0.6 is 0 Å². The van der Waals surface area contributed by atoms with E-state index in [0.29, 0.717) is 0 Å². The molecule has 14 heavy (non-hydrogen) atoms. The molecule has 0 saturated carbocycles. The Balaban J connectivity index is 3.12. The van der Waals surface area contributed by atoms with E-state index in [2.05, 4.69) is 20.2 Å². The first-order valence-electron chi connectivity index (χ1n) is 3.58. The predicted molar refractivity (Wildman–Crippen MR) is 41.2 cm³/mol. The van der Waals surface area contributed by atoms with Crippen molar-refractivity contribution in [2.24, 2.45) is 5.11 Å². The van der Waals surface area contributed by atoms with Gasteiger partial charge in [0.05, 0.1) is 6.54 Å². The summed E-state index contributed by atoms with van der Waals surface area (Å²) in [6, 6.07) is 0. The lowest BCUT2D eigenvalue weighted by Gasteiger charge is -2.04. The molecule has 0 radical (unpaired) electrons. The number of hydrogen-bond acceptors (Lipinski definition) is 2. The number of nitrogens with one attached hydrogen (secondary N) is 1. The monoisotopic (exact) mass is 205 g/mol. The van der Waals surface area contributed by atoms with Gasteiger partial charge in [-0.2, -0.15) is 18.3 Å². The number of H-pyrrole nitrogens is 1. The lowest BCUT2D eigenvalue weighted by molar-refractivity contribution is -0.141. The summed E-state index contributed by atoms with van der Waals surface area (Å²) >= 11 is 0. The number of aryl methyl sites for hydroxylation is 1. The highest BCUT2D eigenvalue weighted by atomic mass is 19.4. The maximum absolute atomic E-state index is 12.3. The van der Waals surface area contributed by atoms with Gasteiger partial charge in [-0.1, -0.05) is 5.11 Å². The van der Waals surface area contributed by atoms with Crippen molar-refractivity contribution in [1.29, 1.82) is 0 Å². The highest BCUT2D eigenvalue weighted by Crippen LogP contribution is 2.31. The van der Waals surface area contributed by atoms with Crippen LogP contribution in [0.5, 0.6) is 0 Å². The van der Waals surface area contributed by atoms with E-state index in [-0.39, 0.29) is 17.8 Å². The fraction of sp³-hybridized carbons (Fsp3) is 0.500. The first-order valence-corrected chi connectivity index (χ1v) is 3.58. The summed E-state index contributed by atoms with van der Waals surface area (Å²) in [5, 5.41) is 8.38. The number of aromatic nitrogens is 2. The van der Waals surface area contributed by atoms with Crippen LogP contribution in [-0.2, 0) is 12.7 Å². The number of aromatic amines is 1. The van der Waals surface area contributed by atoms with Crippen molar-refractivity contribution in [3.8, 4) is 0 Å². The fourth-order valence-corrected chi connectivity index (χ4v) is 0.983. The van der Waals surface area contributed by atoms with Gasteiger partial charge in [-0.15, -0.1) is 0 Å². The van der Waals surface area contributed by atoms with E-state index in [1.807, 2.05) is 0 Å².